The Hall–Kier alpha value is -1.95. The Morgan fingerprint density at radius 2 is 1.96 bits per heavy atom. The minimum absolute atomic E-state index is 0.00335. The van der Waals surface area contributed by atoms with E-state index < -0.39 is 0 Å². The number of likely N-dealkylation sites (tertiary alicyclic amines) is 2. The molecule has 0 spiro atoms. The second-order valence-electron chi connectivity index (χ2n) is 7.20. The van der Waals surface area contributed by atoms with Crippen molar-refractivity contribution in [3.63, 3.8) is 0 Å². The van der Waals surface area contributed by atoms with Crippen molar-refractivity contribution in [3.8, 4) is 0 Å². The average molecular weight is 344 g/mol. The van der Waals surface area contributed by atoms with Crippen molar-refractivity contribution in [2.75, 3.05) is 31.5 Å². The van der Waals surface area contributed by atoms with Crippen LogP contribution in [-0.2, 0) is 9.59 Å². The fraction of sp³-hybridized carbons (Fsp3) is 0.632. The van der Waals surface area contributed by atoms with E-state index >= 15 is 0 Å². The lowest BCUT2D eigenvalue weighted by Gasteiger charge is -2.36. The molecule has 3 rings (SSSR count). The summed E-state index contributed by atoms with van der Waals surface area (Å²) in [6, 6.07) is 5.46. The smallest absolute Gasteiger partial charge is 0.239 e. The van der Waals surface area contributed by atoms with E-state index in [-0.39, 0.29) is 23.8 Å². The first kappa shape index (κ1) is 17.9. The molecule has 0 unspecified atom stereocenters. The van der Waals surface area contributed by atoms with Crippen molar-refractivity contribution in [3.05, 3.63) is 23.9 Å². The van der Waals surface area contributed by atoms with Crippen LogP contribution in [0.5, 0.6) is 0 Å². The van der Waals surface area contributed by atoms with E-state index in [4.69, 9.17) is 0 Å². The zero-order chi connectivity index (χ0) is 17.8. The van der Waals surface area contributed by atoms with Gasteiger partial charge in [-0.15, -0.1) is 0 Å². The summed E-state index contributed by atoms with van der Waals surface area (Å²) in [5.74, 6) is 0.718. The lowest BCUT2D eigenvalue weighted by atomic mass is 9.95. The molecule has 25 heavy (non-hydrogen) atoms. The van der Waals surface area contributed by atoms with Crippen molar-refractivity contribution in [2.24, 2.45) is 5.92 Å². The van der Waals surface area contributed by atoms with Gasteiger partial charge in [-0.2, -0.15) is 0 Å². The van der Waals surface area contributed by atoms with E-state index in [0.717, 1.165) is 51.0 Å². The molecule has 2 atom stereocenters. The quantitative estimate of drug-likeness (QED) is 0.908. The fourth-order valence-corrected chi connectivity index (χ4v) is 3.77. The van der Waals surface area contributed by atoms with Gasteiger partial charge < -0.3 is 10.2 Å². The van der Waals surface area contributed by atoms with Crippen LogP contribution < -0.4 is 5.32 Å². The van der Waals surface area contributed by atoms with Crippen LogP contribution in [0, 0.1) is 12.8 Å². The average Bonchev–Trinajstić information content (AvgIpc) is 3.15. The molecule has 6 heteroatoms. The molecule has 0 aromatic carbocycles. The van der Waals surface area contributed by atoms with Gasteiger partial charge in [-0.1, -0.05) is 6.07 Å². The van der Waals surface area contributed by atoms with E-state index in [1.807, 2.05) is 36.9 Å². The fourth-order valence-electron chi connectivity index (χ4n) is 3.77. The van der Waals surface area contributed by atoms with Gasteiger partial charge in [-0.3, -0.25) is 14.5 Å². The van der Waals surface area contributed by atoms with Crippen molar-refractivity contribution in [1.29, 1.82) is 0 Å². The maximum Gasteiger partial charge on any atom is 0.239 e. The van der Waals surface area contributed by atoms with Crippen molar-refractivity contribution in [2.45, 2.75) is 45.6 Å². The van der Waals surface area contributed by atoms with Gasteiger partial charge in [0.2, 0.25) is 11.8 Å². The number of amides is 2. The van der Waals surface area contributed by atoms with Crippen LogP contribution in [0.4, 0.5) is 5.82 Å². The third-order valence-electron chi connectivity index (χ3n) is 5.29. The van der Waals surface area contributed by atoms with Gasteiger partial charge >= 0.3 is 0 Å². The molecule has 6 nitrogen and oxygen atoms in total. The zero-order valence-corrected chi connectivity index (χ0v) is 15.2. The van der Waals surface area contributed by atoms with Crippen LogP contribution in [0.15, 0.2) is 18.2 Å². The summed E-state index contributed by atoms with van der Waals surface area (Å²) in [6.07, 6.45) is 4.01. The normalized spacial score (nSPS) is 22.6. The number of aromatic nitrogens is 1. The number of pyridine rings is 1. The first-order valence-electron chi connectivity index (χ1n) is 9.32. The number of anilines is 1. The van der Waals surface area contributed by atoms with Gasteiger partial charge in [-0.05, 0) is 58.2 Å². The summed E-state index contributed by atoms with van der Waals surface area (Å²) in [5, 5.41) is 2.92. The highest BCUT2D eigenvalue weighted by atomic mass is 16.2. The first-order chi connectivity index (χ1) is 12.0. The standard InChI is InChI=1S/C19H28N4O2/c1-14-7-5-9-17(20-14)21-18(24)16-8-6-12-23(13-16)15(2)19(25)22-10-3-4-11-22/h5,7,9,15-16H,3-4,6,8,10-13H2,1-2H3,(H,20,21,24)/t15-,16-/m1/s1. The zero-order valence-electron chi connectivity index (χ0n) is 15.2. The molecule has 2 saturated heterocycles. The Labute approximate surface area is 149 Å². The lowest BCUT2D eigenvalue weighted by Crippen LogP contribution is -2.51. The van der Waals surface area contributed by atoms with E-state index in [2.05, 4.69) is 15.2 Å². The summed E-state index contributed by atoms with van der Waals surface area (Å²) < 4.78 is 0. The molecule has 0 aliphatic carbocycles. The highest BCUT2D eigenvalue weighted by Gasteiger charge is 2.33. The molecule has 0 saturated carbocycles. The number of carbonyl (C=O) groups excluding carboxylic acids is 2. The number of rotatable bonds is 4. The van der Waals surface area contributed by atoms with Crippen LogP contribution >= 0.6 is 0 Å². The molecule has 1 aromatic rings. The monoisotopic (exact) mass is 344 g/mol. The number of aryl methyl sites for hydroxylation is 1. The Morgan fingerprint density at radius 3 is 2.68 bits per heavy atom. The predicted octanol–water partition coefficient (Wildman–Crippen LogP) is 2.05. The number of nitrogens with one attached hydrogen (secondary N) is 1. The molecule has 2 amide bonds. The van der Waals surface area contributed by atoms with Crippen LogP contribution in [0.25, 0.3) is 0 Å². The summed E-state index contributed by atoms with van der Waals surface area (Å²) >= 11 is 0. The maximum absolute atomic E-state index is 12.6. The van der Waals surface area contributed by atoms with Gasteiger partial charge in [-0.25, -0.2) is 4.98 Å². The van der Waals surface area contributed by atoms with Gasteiger partial charge in [0, 0.05) is 25.3 Å². The predicted molar refractivity (Wildman–Crippen MR) is 97.2 cm³/mol. The Morgan fingerprint density at radius 1 is 1.20 bits per heavy atom. The highest BCUT2D eigenvalue weighted by molar-refractivity contribution is 5.92. The van der Waals surface area contributed by atoms with Gasteiger partial charge in [0.05, 0.1) is 12.0 Å². The molecular weight excluding hydrogens is 316 g/mol. The summed E-state index contributed by atoms with van der Waals surface area (Å²) in [5.41, 5.74) is 0.882. The Kier molecular flexibility index (Phi) is 5.68. The van der Waals surface area contributed by atoms with Crippen LogP contribution in [0.3, 0.4) is 0 Å². The number of hydrogen-bond donors (Lipinski definition) is 1. The van der Waals surface area contributed by atoms with Crippen molar-refractivity contribution >= 4 is 17.6 Å². The molecule has 0 radical (unpaired) electrons. The number of piperidine rings is 1. The second kappa shape index (κ2) is 7.95. The van der Waals surface area contributed by atoms with Crippen LogP contribution in [0.1, 0.15) is 38.3 Å². The molecule has 2 aliphatic rings. The summed E-state index contributed by atoms with van der Waals surface area (Å²) in [4.78, 5) is 33.7. The molecule has 0 bridgehead atoms. The molecule has 2 fully saturated rings. The molecule has 2 aliphatic heterocycles. The second-order valence-corrected chi connectivity index (χ2v) is 7.20. The van der Waals surface area contributed by atoms with Crippen LogP contribution in [-0.4, -0.2) is 58.8 Å². The first-order valence-corrected chi connectivity index (χ1v) is 9.32. The number of carbonyl (C=O) groups is 2. The SMILES string of the molecule is Cc1cccc(NC(=O)[C@@H]2CCCN([C@H](C)C(=O)N3CCCC3)C2)n1. The lowest BCUT2D eigenvalue weighted by molar-refractivity contribution is -0.137. The minimum Gasteiger partial charge on any atom is -0.341 e. The van der Waals surface area contributed by atoms with Crippen molar-refractivity contribution in [1.82, 2.24) is 14.8 Å². The molecule has 3 heterocycles. The third-order valence-corrected chi connectivity index (χ3v) is 5.29. The molecule has 136 valence electrons. The van der Waals surface area contributed by atoms with Crippen molar-refractivity contribution < 1.29 is 9.59 Å². The van der Waals surface area contributed by atoms with E-state index in [0.29, 0.717) is 12.4 Å². The number of nitrogens with zero attached hydrogens (tertiary/aromatic N) is 3. The largest absolute Gasteiger partial charge is 0.341 e. The van der Waals surface area contributed by atoms with E-state index in [9.17, 15) is 9.59 Å². The summed E-state index contributed by atoms with van der Waals surface area (Å²) in [7, 11) is 0. The Bertz CT molecular complexity index is 628. The summed E-state index contributed by atoms with van der Waals surface area (Å²) in [6.45, 7) is 7.15. The Balaban J connectivity index is 1.58. The minimum atomic E-state index is -0.147. The van der Waals surface area contributed by atoms with Gasteiger partial charge in [0.25, 0.3) is 0 Å². The van der Waals surface area contributed by atoms with Crippen LogP contribution in [0.2, 0.25) is 0 Å². The van der Waals surface area contributed by atoms with E-state index in [1.165, 1.54) is 0 Å². The number of hydrogen-bond acceptors (Lipinski definition) is 4. The topological polar surface area (TPSA) is 65.5 Å². The molecular formula is C19H28N4O2. The third kappa shape index (κ3) is 4.37. The molecule has 1 N–H and O–H groups in total. The molecule has 1 aromatic heterocycles. The van der Waals surface area contributed by atoms with E-state index in [1.54, 1.807) is 0 Å². The highest BCUT2D eigenvalue weighted by Crippen LogP contribution is 2.22. The maximum atomic E-state index is 12.6. The van der Waals surface area contributed by atoms with Gasteiger partial charge in [0.1, 0.15) is 5.82 Å². The van der Waals surface area contributed by atoms with Gasteiger partial charge in [0.15, 0.2) is 0 Å².